The average molecular weight is 344 g/mol. The molecule has 0 radical (unpaired) electrons. The Morgan fingerprint density at radius 3 is 2.80 bits per heavy atom. The summed E-state index contributed by atoms with van der Waals surface area (Å²) in [5, 5.41) is 3.54. The van der Waals surface area contributed by atoms with Crippen molar-refractivity contribution >= 4 is 15.9 Å². The maximum atomic E-state index is 13.5. The van der Waals surface area contributed by atoms with Gasteiger partial charge < -0.3 is 10.1 Å². The molecule has 112 valence electrons. The first-order valence-electron chi connectivity index (χ1n) is 7.38. The van der Waals surface area contributed by atoms with E-state index in [0.29, 0.717) is 0 Å². The maximum absolute atomic E-state index is 13.5. The minimum absolute atomic E-state index is 0.160. The highest BCUT2D eigenvalue weighted by Crippen LogP contribution is 2.36. The van der Waals surface area contributed by atoms with Crippen LogP contribution in [0.5, 0.6) is 0 Å². The largest absolute Gasteiger partial charge is 0.381 e. The van der Waals surface area contributed by atoms with Crippen molar-refractivity contribution in [1.29, 1.82) is 0 Å². The van der Waals surface area contributed by atoms with E-state index >= 15 is 0 Å². The van der Waals surface area contributed by atoms with Crippen molar-refractivity contribution in [3.8, 4) is 0 Å². The van der Waals surface area contributed by atoms with Crippen LogP contribution in [0.4, 0.5) is 4.39 Å². The molecule has 1 fully saturated rings. The minimum Gasteiger partial charge on any atom is -0.381 e. The Labute approximate surface area is 129 Å². The van der Waals surface area contributed by atoms with Crippen LogP contribution in [-0.2, 0) is 11.2 Å². The van der Waals surface area contributed by atoms with Crippen molar-refractivity contribution in [3.63, 3.8) is 0 Å². The molecule has 1 aliphatic heterocycles. The molecular formula is C16H23BrFNO. The third-order valence-corrected chi connectivity index (χ3v) is 4.83. The first-order chi connectivity index (χ1) is 9.65. The molecule has 0 bridgehead atoms. The molecule has 1 heterocycles. The molecule has 2 rings (SSSR count). The predicted octanol–water partition coefficient (Wildman–Crippen LogP) is 3.93. The van der Waals surface area contributed by atoms with Gasteiger partial charge in [-0.1, -0.05) is 22.9 Å². The molecule has 0 aliphatic carbocycles. The molecule has 1 N–H and O–H groups in total. The van der Waals surface area contributed by atoms with Crippen LogP contribution >= 0.6 is 15.9 Å². The normalized spacial score (nSPS) is 18.1. The molecule has 1 aromatic rings. The van der Waals surface area contributed by atoms with Gasteiger partial charge in [-0.2, -0.15) is 0 Å². The van der Waals surface area contributed by atoms with Gasteiger partial charge in [0.05, 0.1) is 0 Å². The Hall–Kier alpha value is -0.450. The van der Waals surface area contributed by atoms with Crippen LogP contribution in [0.15, 0.2) is 22.7 Å². The van der Waals surface area contributed by atoms with E-state index in [1.807, 2.05) is 0 Å². The number of rotatable bonds is 6. The summed E-state index contributed by atoms with van der Waals surface area (Å²) in [6.45, 7) is 5.80. The quantitative estimate of drug-likeness (QED) is 0.790. The highest BCUT2D eigenvalue weighted by molar-refractivity contribution is 9.10. The summed E-state index contributed by atoms with van der Waals surface area (Å²) >= 11 is 3.54. The van der Waals surface area contributed by atoms with Gasteiger partial charge >= 0.3 is 0 Å². The molecule has 1 saturated heterocycles. The van der Waals surface area contributed by atoms with E-state index in [1.54, 1.807) is 12.1 Å². The fraction of sp³-hybridized carbons (Fsp3) is 0.625. The number of benzene rings is 1. The number of ether oxygens (including phenoxy) is 1. The topological polar surface area (TPSA) is 21.3 Å². The SMILES string of the molecule is CCCNCC1(Cc2cc(F)ccc2Br)CCOCC1. The van der Waals surface area contributed by atoms with E-state index in [1.165, 1.54) is 6.07 Å². The van der Waals surface area contributed by atoms with E-state index in [4.69, 9.17) is 4.74 Å². The van der Waals surface area contributed by atoms with Crippen LogP contribution in [-0.4, -0.2) is 26.3 Å². The van der Waals surface area contributed by atoms with Crippen LogP contribution in [0.3, 0.4) is 0 Å². The monoisotopic (exact) mass is 343 g/mol. The molecule has 0 spiro atoms. The number of halogens is 2. The second kappa shape index (κ2) is 7.53. The molecule has 2 nitrogen and oxygen atoms in total. The Morgan fingerprint density at radius 1 is 1.35 bits per heavy atom. The zero-order chi connectivity index (χ0) is 14.4. The fourth-order valence-electron chi connectivity index (χ4n) is 2.83. The Kier molecular flexibility index (Phi) is 6.00. The molecule has 0 aromatic heterocycles. The second-order valence-corrected chi connectivity index (χ2v) is 6.56. The maximum Gasteiger partial charge on any atom is 0.123 e. The van der Waals surface area contributed by atoms with E-state index in [-0.39, 0.29) is 11.2 Å². The molecule has 0 saturated carbocycles. The summed E-state index contributed by atoms with van der Waals surface area (Å²) in [6, 6.07) is 4.96. The average Bonchev–Trinajstić information content (AvgIpc) is 2.44. The lowest BCUT2D eigenvalue weighted by Crippen LogP contribution is -2.41. The summed E-state index contributed by atoms with van der Waals surface area (Å²) in [5.74, 6) is -0.160. The van der Waals surface area contributed by atoms with Crippen molar-refractivity contribution < 1.29 is 9.13 Å². The molecule has 1 aliphatic rings. The van der Waals surface area contributed by atoms with E-state index in [9.17, 15) is 4.39 Å². The van der Waals surface area contributed by atoms with Crippen molar-refractivity contribution in [3.05, 3.63) is 34.1 Å². The fourth-order valence-corrected chi connectivity index (χ4v) is 3.22. The van der Waals surface area contributed by atoms with Gasteiger partial charge in [-0.05, 0) is 61.4 Å². The zero-order valence-electron chi connectivity index (χ0n) is 12.1. The lowest BCUT2D eigenvalue weighted by atomic mass is 9.75. The molecular weight excluding hydrogens is 321 g/mol. The van der Waals surface area contributed by atoms with Gasteiger partial charge in [0.15, 0.2) is 0 Å². The molecule has 0 amide bonds. The van der Waals surface area contributed by atoms with Gasteiger partial charge in [-0.25, -0.2) is 4.39 Å². The van der Waals surface area contributed by atoms with Crippen molar-refractivity contribution in [2.75, 3.05) is 26.3 Å². The summed E-state index contributed by atoms with van der Waals surface area (Å²) < 4.78 is 20.0. The Balaban J connectivity index is 2.12. The van der Waals surface area contributed by atoms with Crippen LogP contribution < -0.4 is 5.32 Å². The zero-order valence-corrected chi connectivity index (χ0v) is 13.6. The summed E-state index contributed by atoms with van der Waals surface area (Å²) in [6.07, 6.45) is 4.10. The third-order valence-electron chi connectivity index (χ3n) is 4.05. The lowest BCUT2D eigenvalue weighted by molar-refractivity contribution is 0.0149. The van der Waals surface area contributed by atoms with Gasteiger partial charge in [0.25, 0.3) is 0 Å². The van der Waals surface area contributed by atoms with Crippen molar-refractivity contribution in [2.45, 2.75) is 32.6 Å². The van der Waals surface area contributed by atoms with Crippen LogP contribution in [0.2, 0.25) is 0 Å². The molecule has 1 aromatic carbocycles. The minimum atomic E-state index is -0.160. The first kappa shape index (κ1) is 15.9. The smallest absolute Gasteiger partial charge is 0.123 e. The highest BCUT2D eigenvalue weighted by atomic mass is 79.9. The van der Waals surface area contributed by atoms with E-state index in [2.05, 4.69) is 28.2 Å². The van der Waals surface area contributed by atoms with E-state index < -0.39 is 0 Å². The third kappa shape index (κ3) is 4.27. The van der Waals surface area contributed by atoms with Crippen molar-refractivity contribution in [1.82, 2.24) is 5.32 Å². The van der Waals surface area contributed by atoms with Gasteiger partial charge in [0.1, 0.15) is 5.82 Å². The van der Waals surface area contributed by atoms with Crippen LogP contribution in [0.25, 0.3) is 0 Å². The molecule has 0 atom stereocenters. The van der Waals surface area contributed by atoms with E-state index in [0.717, 1.165) is 62.0 Å². The number of hydrogen-bond donors (Lipinski definition) is 1. The standard InChI is InChI=1S/C16H23BrFNO/c1-2-7-19-12-16(5-8-20-9-6-16)11-13-10-14(18)3-4-15(13)17/h3-4,10,19H,2,5-9,11-12H2,1H3. The Morgan fingerprint density at radius 2 is 2.10 bits per heavy atom. The van der Waals surface area contributed by atoms with Crippen molar-refractivity contribution in [2.24, 2.45) is 5.41 Å². The molecule has 0 unspecified atom stereocenters. The first-order valence-corrected chi connectivity index (χ1v) is 8.17. The van der Waals surface area contributed by atoms with Gasteiger partial charge in [-0.15, -0.1) is 0 Å². The number of hydrogen-bond acceptors (Lipinski definition) is 2. The predicted molar refractivity (Wildman–Crippen MR) is 83.5 cm³/mol. The number of nitrogens with one attached hydrogen (secondary N) is 1. The summed E-state index contributed by atoms with van der Waals surface area (Å²) in [7, 11) is 0. The molecule has 4 heteroatoms. The summed E-state index contributed by atoms with van der Waals surface area (Å²) in [4.78, 5) is 0. The van der Waals surface area contributed by atoms with Gasteiger partial charge in [0, 0.05) is 24.2 Å². The van der Waals surface area contributed by atoms with Crippen LogP contribution in [0.1, 0.15) is 31.7 Å². The summed E-state index contributed by atoms with van der Waals surface area (Å²) in [5.41, 5.74) is 1.24. The van der Waals surface area contributed by atoms with Gasteiger partial charge in [0.2, 0.25) is 0 Å². The second-order valence-electron chi connectivity index (χ2n) is 5.70. The Bertz CT molecular complexity index is 432. The highest BCUT2D eigenvalue weighted by Gasteiger charge is 2.33. The van der Waals surface area contributed by atoms with Gasteiger partial charge in [-0.3, -0.25) is 0 Å². The lowest BCUT2D eigenvalue weighted by Gasteiger charge is -2.38. The van der Waals surface area contributed by atoms with Crippen LogP contribution in [0, 0.1) is 11.2 Å². The molecule has 20 heavy (non-hydrogen) atoms.